The number of carbonyl (C=O) groups is 2. The van der Waals surface area contributed by atoms with Gasteiger partial charge in [0.25, 0.3) is 5.91 Å². The number of morpholine rings is 1. The van der Waals surface area contributed by atoms with Crippen LogP contribution in [0.3, 0.4) is 0 Å². The number of aliphatic carboxylic acids is 1. The van der Waals surface area contributed by atoms with E-state index in [0.29, 0.717) is 36.8 Å². The number of hydrogen-bond acceptors (Lipinski definition) is 5. The third-order valence-corrected chi connectivity index (χ3v) is 3.42. The Labute approximate surface area is 121 Å². The molecule has 21 heavy (non-hydrogen) atoms. The predicted octanol–water partition coefficient (Wildman–Crippen LogP) is 0.383. The summed E-state index contributed by atoms with van der Waals surface area (Å²) in [7, 11) is 0. The van der Waals surface area contributed by atoms with Crippen LogP contribution in [0.25, 0.3) is 0 Å². The van der Waals surface area contributed by atoms with E-state index >= 15 is 0 Å². The molecule has 1 atom stereocenters. The number of ether oxygens (including phenoxy) is 3. The van der Waals surface area contributed by atoms with Crippen molar-refractivity contribution in [2.45, 2.75) is 6.10 Å². The van der Waals surface area contributed by atoms with Crippen molar-refractivity contribution in [3.63, 3.8) is 0 Å². The molecule has 1 N–H and O–H groups in total. The van der Waals surface area contributed by atoms with Crippen molar-refractivity contribution < 1.29 is 28.9 Å². The number of carbonyl (C=O) groups excluding carboxylic acids is 1. The maximum atomic E-state index is 12.4. The highest BCUT2D eigenvalue weighted by Crippen LogP contribution is 2.31. The van der Waals surface area contributed by atoms with Crippen LogP contribution < -0.4 is 9.47 Å². The van der Waals surface area contributed by atoms with Crippen molar-refractivity contribution in [3.05, 3.63) is 23.8 Å². The molecule has 1 saturated heterocycles. The molecular formula is C14H15NO6. The fourth-order valence-corrected chi connectivity index (χ4v) is 2.34. The average Bonchev–Trinajstić information content (AvgIpc) is 2.53. The second kappa shape index (κ2) is 5.61. The summed E-state index contributed by atoms with van der Waals surface area (Å²) in [5, 5.41) is 8.97. The third-order valence-electron chi connectivity index (χ3n) is 3.42. The lowest BCUT2D eigenvalue weighted by atomic mass is 10.1. The Morgan fingerprint density at radius 1 is 1.14 bits per heavy atom. The maximum Gasteiger partial charge on any atom is 0.334 e. The molecule has 1 aromatic carbocycles. The number of nitrogens with zero attached hydrogens (tertiary/aromatic N) is 1. The molecule has 2 heterocycles. The number of hydrogen-bond donors (Lipinski definition) is 1. The third kappa shape index (κ3) is 2.78. The molecule has 3 rings (SSSR count). The van der Waals surface area contributed by atoms with Gasteiger partial charge in [-0.3, -0.25) is 4.79 Å². The summed E-state index contributed by atoms with van der Waals surface area (Å²) < 4.78 is 16.0. The first-order chi connectivity index (χ1) is 10.1. The van der Waals surface area contributed by atoms with Crippen LogP contribution in [0.1, 0.15) is 10.4 Å². The van der Waals surface area contributed by atoms with E-state index in [0.717, 1.165) is 0 Å². The molecule has 1 aromatic rings. The van der Waals surface area contributed by atoms with Gasteiger partial charge in [-0.2, -0.15) is 0 Å². The molecule has 0 radical (unpaired) electrons. The number of carboxylic acid groups (broad SMARTS) is 1. The standard InChI is InChI=1S/C14H15NO6/c16-13(15-3-4-19-12(8-15)14(17)18)9-1-2-10-11(7-9)21-6-5-20-10/h1-2,7,12H,3-6,8H2,(H,17,18)/t12-/m1/s1. The number of amides is 1. The van der Waals surface area contributed by atoms with Gasteiger partial charge in [0.2, 0.25) is 0 Å². The Balaban J connectivity index is 1.77. The van der Waals surface area contributed by atoms with Crippen LogP contribution in [0.15, 0.2) is 18.2 Å². The molecule has 2 aliphatic heterocycles. The van der Waals surface area contributed by atoms with Crippen LogP contribution in [0.4, 0.5) is 0 Å². The zero-order valence-corrected chi connectivity index (χ0v) is 11.3. The van der Waals surface area contributed by atoms with Gasteiger partial charge in [0, 0.05) is 12.1 Å². The topological polar surface area (TPSA) is 85.3 Å². The number of benzene rings is 1. The smallest absolute Gasteiger partial charge is 0.334 e. The van der Waals surface area contributed by atoms with Gasteiger partial charge in [-0.1, -0.05) is 0 Å². The highest BCUT2D eigenvalue weighted by molar-refractivity contribution is 5.95. The molecule has 0 spiro atoms. The Morgan fingerprint density at radius 3 is 2.67 bits per heavy atom. The highest BCUT2D eigenvalue weighted by atomic mass is 16.6. The molecule has 1 amide bonds. The van der Waals surface area contributed by atoms with E-state index in [2.05, 4.69) is 0 Å². The van der Waals surface area contributed by atoms with E-state index in [1.807, 2.05) is 0 Å². The Hall–Kier alpha value is -2.28. The molecule has 7 nitrogen and oxygen atoms in total. The molecule has 0 aromatic heterocycles. The van der Waals surface area contributed by atoms with E-state index in [1.54, 1.807) is 18.2 Å². The zero-order chi connectivity index (χ0) is 14.8. The van der Waals surface area contributed by atoms with Crippen LogP contribution in [-0.4, -0.2) is 60.9 Å². The molecule has 1 fully saturated rings. The lowest BCUT2D eigenvalue weighted by Crippen LogP contribution is -2.48. The van der Waals surface area contributed by atoms with Gasteiger partial charge in [-0.05, 0) is 18.2 Å². The monoisotopic (exact) mass is 293 g/mol. The summed E-state index contributed by atoms with van der Waals surface area (Å²) in [6.07, 6.45) is -0.972. The fraction of sp³-hybridized carbons (Fsp3) is 0.429. The lowest BCUT2D eigenvalue weighted by molar-refractivity contribution is -0.154. The maximum absolute atomic E-state index is 12.4. The highest BCUT2D eigenvalue weighted by Gasteiger charge is 2.30. The number of fused-ring (bicyclic) bond motifs is 1. The molecule has 0 aliphatic carbocycles. The SMILES string of the molecule is O=C(O)[C@H]1CN(C(=O)c2ccc3c(c2)OCCO3)CCO1. The molecule has 0 bridgehead atoms. The van der Waals surface area contributed by atoms with Gasteiger partial charge < -0.3 is 24.2 Å². The minimum absolute atomic E-state index is 0.0443. The molecule has 0 unspecified atom stereocenters. The van der Waals surface area contributed by atoms with Crippen LogP contribution in [-0.2, 0) is 9.53 Å². The van der Waals surface area contributed by atoms with Crippen LogP contribution in [0, 0.1) is 0 Å². The van der Waals surface area contributed by atoms with Gasteiger partial charge >= 0.3 is 5.97 Å². The van der Waals surface area contributed by atoms with Crippen molar-refractivity contribution in [2.24, 2.45) is 0 Å². The summed E-state index contributed by atoms with van der Waals surface area (Å²) in [4.78, 5) is 24.9. The van der Waals surface area contributed by atoms with Crippen molar-refractivity contribution in [1.29, 1.82) is 0 Å². The molecule has 0 saturated carbocycles. The van der Waals surface area contributed by atoms with E-state index in [9.17, 15) is 9.59 Å². The summed E-state index contributed by atoms with van der Waals surface area (Å²) in [5.41, 5.74) is 0.449. The van der Waals surface area contributed by atoms with E-state index < -0.39 is 12.1 Å². The molecule has 112 valence electrons. The van der Waals surface area contributed by atoms with Gasteiger partial charge in [0.1, 0.15) is 13.2 Å². The van der Waals surface area contributed by atoms with Crippen molar-refractivity contribution >= 4 is 11.9 Å². The second-order valence-electron chi connectivity index (χ2n) is 4.81. The fourth-order valence-electron chi connectivity index (χ4n) is 2.34. The molecule has 2 aliphatic rings. The summed E-state index contributed by atoms with van der Waals surface area (Å²) in [6, 6.07) is 4.97. The largest absolute Gasteiger partial charge is 0.486 e. The first-order valence-electron chi connectivity index (χ1n) is 6.68. The summed E-state index contributed by atoms with van der Waals surface area (Å²) in [6.45, 7) is 1.57. The van der Waals surface area contributed by atoms with E-state index in [4.69, 9.17) is 19.3 Å². The Morgan fingerprint density at radius 2 is 1.90 bits per heavy atom. The van der Waals surface area contributed by atoms with Crippen molar-refractivity contribution in [3.8, 4) is 11.5 Å². The van der Waals surface area contributed by atoms with Crippen LogP contribution in [0.2, 0.25) is 0 Å². The molecular weight excluding hydrogens is 278 g/mol. The minimum Gasteiger partial charge on any atom is -0.486 e. The van der Waals surface area contributed by atoms with Gasteiger partial charge in [-0.25, -0.2) is 4.79 Å². The van der Waals surface area contributed by atoms with E-state index in [-0.39, 0.29) is 19.1 Å². The van der Waals surface area contributed by atoms with Crippen molar-refractivity contribution in [2.75, 3.05) is 32.9 Å². The summed E-state index contributed by atoms with van der Waals surface area (Å²) in [5.74, 6) is -0.144. The predicted molar refractivity (Wildman–Crippen MR) is 70.7 cm³/mol. The normalized spacial score (nSPS) is 21.0. The van der Waals surface area contributed by atoms with Crippen LogP contribution in [0.5, 0.6) is 11.5 Å². The second-order valence-corrected chi connectivity index (χ2v) is 4.81. The quantitative estimate of drug-likeness (QED) is 0.848. The van der Waals surface area contributed by atoms with E-state index in [1.165, 1.54) is 4.90 Å². The first-order valence-corrected chi connectivity index (χ1v) is 6.68. The minimum atomic E-state index is -1.06. The van der Waals surface area contributed by atoms with Crippen LogP contribution >= 0.6 is 0 Å². The number of carboxylic acids is 1. The Bertz CT molecular complexity index is 573. The van der Waals surface area contributed by atoms with Gasteiger partial charge in [0.15, 0.2) is 17.6 Å². The zero-order valence-electron chi connectivity index (χ0n) is 11.3. The van der Waals surface area contributed by atoms with Crippen molar-refractivity contribution in [1.82, 2.24) is 4.90 Å². The number of rotatable bonds is 2. The Kier molecular flexibility index (Phi) is 3.66. The van der Waals surface area contributed by atoms with Gasteiger partial charge in [-0.15, -0.1) is 0 Å². The first kappa shape index (κ1) is 13.7. The summed E-state index contributed by atoms with van der Waals surface area (Å²) >= 11 is 0. The van der Waals surface area contributed by atoms with Gasteiger partial charge in [0.05, 0.1) is 13.2 Å². The molecule has 7 heteroatoms. The lowest BCUT2D eigenvalue weighted by Gasteiger charge is -2.31. The average molecular weight is 293 g/mol.